The lowest BCUT2D eigenvalue weighted by molar-refractivity contribution is -0.161. The first-order valence-corrected chi connectivity index (χ1v) is 22.8. The van der Waals surface area contributed by atoms with Crippen LogP contribution in [-0.2, 0) is 32.7 Å². The van der Waals surface area contributed by atoms with Crippen molar-refractivity contribution in [3.8, 4) is 0 Å². The van der Waals surface area contributed by atoms with Gasteiger partial charge in [-0.3, -0.25) is 18.6 Å². The van der Waals surface area contributed by atoms with Crippen LogP contribution in [0.4, 0.5) is 0 Å². The number of allylic oxidation sites excluding steroid dienone is 10. The predicted molar refractivity (Wildman–Crippen MR) is 224 cm³/mol. The Bertz CT molecular complexity index is 1100. The molecule has 0 aliphatic rings. The summed E-state index contributed by atoms with van der Waals surface area (Å²) in [6.45, 7) is 2.26. The normalized spacial score (nSPS) is 14.5. The zero-order valence-electron chi connectivity index (χ0n) is 34.4. The molecule has 0 amide bonds. The molecule has 3 atom stereocenters. The van der Waals surface area contributed by atoms with Crippen LogP contribution in [0.1, 0.15) is 168 Å². The van der Waals surface area contributed by atoms with Gasteiger partial charge in [-0.05, 0) is 70.6 Å². The van der Waals surface area contributed by atoms with E-state index in [1.807, 2.05) is 6.08 Å². The van der Waals surface area contributed by atoms with Gasteiger partial charge in [0.05, 0.1) is 19.8 Å². The first-order chi connectivity index (χ1) is 26.7. The minimum Gasteiger partial charge on any atom is -0.462 e. The van der Waals surface area contributed by atoms with Gasteiger partial charge in [0.25, 0.3) is 0 Å². The molecule has 55 heavy (non-hydrogen) atoms. The second kappa shape index (κ2) is 39.9. The van der Waals surface area contributed by atoms with E-state index in [2.05, 4.69) is 73.1 Å². The lowest BCUT2D eigenvalue weighted by atomic mass is 10.1. The van der Waals surface area contributed by atoms with Gasteiger partial charge >= 0.3 is 19.8 Å². The maximum absolute atomic E-state index is 12.6. The molecule has 0 aromatic heterocycles. The molecule has 0 spiro atoms. The number of phosphoric acid groups is 1. The Morgan fingerprint density at radius 2 is 1.02 bits per heavy atom. The molecule has 0 aromatic carbocycles. The summed E-state index contributed by atoms with van der Waals surface area (Å²) in [5.74, 6) is -1.01. The number of carbonyl (C=O) groups is 2. The van der Waals surface area contributed by atoms with E-state index in [1.54, 1.807) is 0 Å². The van der Waals surface area contributed by atoms with Crippen molar-refractivity contribution >= 4 is 19.8 Å². The molecule has 0 aliphatic carbocycles. The van der Waals surface area contributed by atoms with Crippen LogP contribution in [-0.4, -0.2) is 65.7 Å². The van der Waals surface area contributed by atoms with Crippen molar-refractivity contribution in [2.24, 2.45) is 0 Å². The van der Waals surface area contributed by atoms with Gasteiger partial charge in [0.15, 0.2) is 6.10 Å². The molecule has 0 rings (SSSR count). The van der Waals surface area contributed by atoms with Crippen molar-refractivity contribution in [3.05, 3.63) is 60.8 Å². The van der Waals surface area contributed by atoms with E-state index in [4.69, 9.17) is 19.1 Å². The van der Waals surface area contributed by atoms with Gasteiger partial charge in [0.2, 0.25) is 0 Å². The van der Waals surface area contributed by atoms with Crippen LogP contribution in [0.15, 0.2) is 60.8 Å². The number of rotatable bonds is 39. The largest absolute Gasteiger partial charge is 0.472 e. The van der Waals surface area contributed by atoms with E-state index in [0.717, 1.165) is 57.8 Å². The van der Waals surface area contributed by atoms with Gasteiger partial charge in [-0.2, -0.15) is 0 Å². The quantitative estimate of drug-likeness (QED) is 0.0180. The maximum atomic E-state index is 12.6. The minimum absolute atomic E-state index is 0.107. The smallest absolute Gasteiger partial charge is 0.462 e. The number of unbranched alkanes of at least 4 members (excludes halogenated alkanes) is 16. The van der Waals surface area contributed by atoms with E-state index < -0.39 is 51.8 Å². The van der Waals surface area contributed by atoms with Crippen molar-refractivity contribution in [3.63, 3.8) is 0 Å². The van der Waals surface area contributed by atoms with Crippen LogP contribution in [0, 0.1) is 0 Å². The zero-order chi connectivity index (χ0) is 40.5. The highest BCUT2D eigenvalue weighted by Gasteiger charge is 2.27. The third-order valence-electron chi connectivity index (χ3n) is 8.67. The van der Waals surface area contributed by atoms with Gasteiger partial charge < -0.3 is 24.6 Å². The molecule has 0 saturated heterocycles. The molecule has 0 fully saturated rings. The molecule has 1 unspecified atom stereocenters. The van der Waals surface area contributed by atoms with Crippen molar-refractivity contribution in [1.82, 2.24) is 0 Å². The summed E-state index contributed by atoms with van der Waals surface area (Å²) in [4.78, 5) is 34.9. The lowest BCUT2D eigenvalue weighted by Crippen LogP contribution is -2.29. The lowest BCUT2D eigenvalue weighted by Gasteiger charge is -2.20. The molecule has 11 heteroatoms. The van der Waals surface area contributed by atoms with Crippen molar-refractivity contribution < 1.29 is 47.8 Å². The zero-order valence-corrected chi connectivity index (χ0v) is 35.3. The molecule has 0 radical (unpaired) electrons. The van der Waals surface area contributed by atoms with Crippen LogP contribution in [0.3, 0.4) is 0 Å². The van der Waals surface area contributed by atoms with E-state index >= 15 is 0 Å². The Balaban J connectivity index is 4.44. The summed E-state index contributed by atoms with van der Waals surface area (Å²) in [6.07, 6.45) is 43.3. The molecule has 0 heterocycles. The van der Waals surface area contributed by atoms with E-state index in [-0.39, 0.29) is 19.4 Å². The first kappa shape index (κ1) is 52.7. The molecule has 0 saturated carbocycles. The number of hydrogen-bond donors (Lipinski definition) is 3. The first-order valence-electron chi connectivity index (χ1n) is 21.3. The SMILES string of the molecule is CCCCCC/C=C/C=C/CCCCCCCC(=O)OC[C@H](COP(=O)(O)OC[C@@H](O)CO)OC(=O)CCC/C=C/C/C=C/C/C=C/CCCCCCCC. The number of carbonyl (C=O) groups excluding carboxylic acids is 2. The molecule has 3 N–H and O–H groups in total. The fourth-order valence-electron chi connectivity index (χ4n) is 5.35. The minimum atomic E-state index is -4.64. The van der Waals surface area contributed by atoms with Gasteiger partial charge in [-0.15, -0.1) is 0 Å². The maximum Gasteiger partial charge on any atom is 0.472 e. The third kappa shape index (κ3) is 39.7. The summed E-state index contributed by atoms with van der Waals surface area (Å²) in [5, 5.41) is 18.3. The molecular weight excluding hydrogens is 719 g/mol. The molecule has 318 valence electrons. The summed E-state index contributed by atoms with van der Waals surface area (Å²) in [7, 11) is -4.64. The Labute approximate surface area is 334 Å². The Morgan fingerprint density at radius 1 is 0.564 bits per heavy atom. The average molecular weight is 797 g/mol. The summed E-state index contributed by atoms with van der Waals surface area (Å²) in [6, 6.07) is 0. The number of aliphatic hydroxyl groups excluding tert-OH is 2. The molecule has 0 aromatic rings. The van der Waals surface area contributed by atoms with E-state index in [9.17, 15) is 24.2 Å². The van der Waals surface area contributed by atoms with Crippen LogP contribution in [0.25, 0.3) is 0 Å². The average Bonchev–Trinajstić information content (AvgIpc) is 3.17. The van der Waals surface area contributed by atoms with E-state index in [1.165, 1.54) is 64.2 Å². The monoisotopic (exact) mass is 797 g/mol. The van der Waals surface area contributed by atoms with Crippen molar-refractivity contribution in [2.75, 3.05) is 26.4 Å². The Kier molecular flexibility index (Phi) is 38.2. The number of aliphatic hydroxyl groups is 2. The highest BCUT2D eigenvalue weighted by atomic mass is 31.2. The van der Waals surface area contributed by atoms with Crippen molar-refractivity contribution in [1.29, 1.82) is 0 Å². The molecule has 0 bridgehead atoms. The van der Waals surface area contributed by atoms with Crippen molar-refractivity contribution in [2.45, 2.75) is 180 Å². The number of phosphoric ester groups is 1. The third-order valence-corrected chi connectivity index (χ3v) is 9.62. The van der Waals surface area contributed by atoms with Crippen LogP contribution < -0.4 is 0 Å². The molecule has 10 nitrogen and oxygen atoms in total. The Morgan fingerprint density at radius 3 is 1.60 bits per heavy atom. The second-order valence-electron chi connectivity index (χ2n) is 14.0. The van der Waals surface area contributed by atoms with Gasteiger partial charge in [0.1, 0.15) is 12.7 Å². The van der Waals surface area contributed by atoms with Crippen LogP contribution in [0.5, 0.6) is 0 Å². The standard InChI is InChI=1S/C44H77O10P/c1-3-5-7-9-11-13-15-17-19-20-22-24-26-28-30-32-34-36-44(48)54-42(40-53-55(49,50)52-38-41(46)37-45)39-51-43(47)35-33-31-29-27-25-23-21-18-16-14-12-10-8-6-4-2/h14,16-19,21-22,24,28,30,41-42,45-46H,3-13,15,20,23,25-27,29,31-40H2,1-2H3,(H,49,50)/b16-14+,19-17+,21-18+,24-22+,30-28+/t41-,42+/m0/s1. The second-order valence-corrected chi connectivity index (χ2v) is 15.5. The summed E-state index contributed by atoms with van der Waals surface area (Å²) >= 11 is 0. The number of ether oxygens (including phenoxy) is 2. The van der Waals surface area contributed by atoms with Gasteiger partial charge in [-0.25, -0.2) is 4.57 Å². The predicted octanol–water partition coefficient (Wildman–Crippen LogP) is 11.1. The molecule has 0 aliphatic heterocycles. The highest BCUT2D eigenvalue weighted by molar-refractivity contribution is 7.47. The van der Waals surface area contributed by atoms with Crippen LogP contribution >= 0.6 is 7.82 Å². The topological polar surface area (TPSA) is 149 Å². The number of hydrogen-bond acceptors (Lipinski definition) is 9. The summed E-state index contributed by atoms with van der Waals surface area (Å²) in [5.41, 5.74) is 0. The molecular formula is C44H77O10P. The Hall–Kier alpha value is -2.33. The number of esters is 2. The summed E-state index contributed by atoms with van der Waals surface area (Å²) < 4.78 is 32.6. The van der Waals surface area contributed by atoms with E-state index in [0.29, 0.717) is 19.3 Å². The fraction of sp³-hybridized carbons (Fsp3) is 0.727. The highest BCUT2D eigenvalue weighted by Crippen LogP contribution is 2.43. The van der Waals surface area contributed by atoms with Crippen LogP contribution in [0.2, 0.25) is 0 Å². The van der Waals surface area contributed by atoms with Gasteiger partial charge in [0, 0.05) is 12.8 Å². The fourth-order valence-corrected chi connectivity index (χ4v) is 6.14. The van der Waals surface area contributed by atoms with Gasteiger partial charge in [-0.1, -0.05) is 145 Å².